The van der Waals surface area contributed by atoms with Gasteiger partial charge in [0.05, 0.1) is 22.5 Å². The predicted octanol–water partition coefficient (Wildman–Crippen LogP) is 6.39. The zero-order chi connectivity index (χ0) is 37.3. The van der Waals surface area contributed by atoms with Gasteiger partial charge in [-0.2, -0.15) is 0 Å². The molecule has 0 aliphatic carbocycles. The van der Waals surface area contributed by atoms with Crippen molar-refractivity contribution in [1.82, 2.24) is 9.62 Å². The lowest BCUT2D eigenvalue weighted by molar-refractivity contribution is -0.384. The van der Waals surface area contributed by atoms with Gasteiger partial charge in [-0.05, 0) is 94.5 Å². The van der Waals surface area contributed by atoms with Gasteiger partial charge in [0.25, 0.3) is 21.6 Å². The number of methoxy groups -OCH3 is 2. The van der Waals surface area contributed by atoms with Crippen molar-refractivity contribution >= 4 is 44.8 Å². The molecule has 1 aliphatic heterocycles. The number of ether oxygens (including phenoxy) is 2. The molecule has 1 heterocycles. The number of rotatable bonds is 16. The van der Waals surface area contributed by atoms with Crippen molar-refractivity contribution in [3.63, 3.8) is 0 Å². The third-order valence-electron chi connectivity index (χ3n) is 9.24. The van der Waals surface area contributed by atoms with Gasteiger partial charge in [0.1, 0.15) is 11.4 Å². The van der Waals surface area contributed by atoms with E-state index in [-0.39, 0.29) is 22.2 Å². The number of piperidine rings is 1. The van der Waals surface area contributed by atoms with Crippen molar-refractivity contribution in [3.8, 4) is 5.75 Å². The zero-order valence-electron chi connectivity index (χ0n) is 29.8. The molecule has 1 saturated heterocycles. The Morgan fingerprint density at radius 2 is 1.65 bits per heavy atom. The van der Waals surface area contributed by atoms with Crippen LogP contribution >= 0.6 is 11.8 Å². The lowest BCUT2D eigenvalue weighted by Crippen LogP contribution is -2.44. The Labute approximate surface area is 309 Å². The fourth-order valence-corrected chi connectivity index (χ4v) is 8.28. The van der Waals surface area contributed by atoms with E-state index in [9.17, 15) is 23.3 Å². The highest BCUT2D eigenvalue weighted by Crippen LogP contribution is 2.41. The largest absolute Gasteiger partial charge is 0.496 e. The first kappa shape index (κ1) is 38.6. The molecule has 12 nitrogen and oxygen atoms in total. The van der Waals surface area contributed by atoms with E-state index in [4.69, 9.17) is 9.47 Å². The van der Waals surface area contributed by atoms with Crippen molar-refractivity contribution < 1.29 is 27.6 Å². The van der Waals surface area contributed by atoms with Crippen molar-refractivity contribution in [1.29, 1.82) is 0 Å². The Hall–Kier alpha value is -4.63. The fourth-order valence-electron chi connectivity index (χ4n) is 6.29. The zero-order valence-corrected chi connectivity index (χ0v) is 31.4. The van der Waals surface area contributed by atoms with E-state index in [0.717, 1.165) is 34.5 Å². The molecule has 1 fully saturated rings. The molecule has 0 bridgehead atoms. The number of carbonyl (C=O) groups is 1. The van der Waals surface area contributed by atoms with E-state index in [0.29, 0.717) is 38.1 Å². The molecule has 1 atom stereocenters. The summed E-state index contributed by atoms with van der Waals surface area (Å²) >= 11 is 1.63. The van der Waals surface area contributed by atoms with E-state index >= 15 is 0 Å². The number of sulfonamides is 1. The molecule has 52 heavy (non-hydrogen) atoms. The first-order valence-electron chi connectivity index (χ1n) is 16.9. The molecular weight excluding hydrogens is 703 g/mol. The van der Waals surface area contributed by atoms with E-state index in [1.165, 1.54) is 12.1 Å². The highest BCUT2D eigenvalue weighted by atomic mass is 32.2. The Morgan fingerprint density at radius 1 is 0.981 bits per heavy atom. The van der Waals surface area contributed by atoms with Gasteiger partial charge in [0.2, 0.25) is 0 Å². The standard InChI is InChI=1S/C38H45N5O7S2/c1-41(2)23-20-29(27-51-31-10-6-5-7-11-31)39-34-19-18-32(26-35(34)43(45)46)52(47,48)40-37(44)28-14-16-30(17-15-28)42-24-21-38(50-4,22-25-42)33-12-8-9-13-36(33)49-3/h5-19,26,29,39H,20-25,27H2,1-4H3,(H,40,44). The first-order chi connectivity index (χ1) is 24.9. The normalized spacial score (nSPS) is 14.8. The summed E-state index contributed by atoms with van der Waals surface area (Å²) in [5.41, 5.74) is 1.34. The van der Waals surface area contributed by atoms with Gasteiger partial charge in [0, 0.05) is 59.8 Å². The van der Waals surface area contributed by atoms with Crippen LogP contribution in [0.15, 0.2) is 107 Å². The number of anilines is 2. The van der Waals surface area contributed by atoms with Crippen LogP contribution in [-0.4, -0.2) is 83.9 Å². The van der Waals surface area contributed by atoms with Gasteiger partial charge < -0.3 is 24.6 Å². The fraction of sp³-hybridized carbons (Fsp3) is 0.342. The van der Waals surface area contributed by atoms with Crippen LogP contribution < -0.4 is 19.7 Å². The molecule has 276 valence electrons. The second-order valence-electron chi connectivity index (χ2n) is 12.9. The van der Waals surface area contributed by atoms with Gasteiger partial charge in [-0.1, -0.05) is 36.4 Å². The Balaban J connectivity index is 1.24. The highest BCUT2D eigenvalue weighted by Gasteiger charge is 2.38. The summed E-state index contributed by atoms with van der Waals surface area (Å²) < 4.78 is 40.3. The van der Waals surface area contributed by atoms with Crippen molar-refractivity contribution in [2.24, 2.45) is 0 Å². The predicted molar refractivity (Wildman–Crippen MR) is 205 cm³/mol. The van der Waals surface area contributed by atoms with Crippen LogP contribution in [-0.2, 0) is 20.4 Å². The van der Waals surface area contributed by atoms with E-state index in [2.05, 4.69) is 14.9 Å². The molecule has 4 aromatic rings. The third-order valence-corrected chi connectivity index (χ3v) is 11.7. The molecule has 0 spiro atoms. The topological polar surface area (TPSA) is 143 Å². The van der Waals surface area contributed by atoms with Crippen LogP contribution in [0.1, 0.15) is 35.2 Å². The van der Waals surface area contributed by atoms with Crippen LogP contribution in [0.5, 0.6) is 5.75 Å². The maximum atomic E-state index is 13.3. The maximum Gasteiger partial charge on any atom is 0.293 e. The molecule has 4 aromatic carbocycles. The lowest BCUT2D eigenvalue weighted by Gasteiger charge is -2.42. The number of carbonyl (C=O) groups excluding carboxylic acids is 1. The summed E-state index contributed by atoms with van der Waals surface area (Å²) in [4.78, 5) is 29.6. The minimum atomic E-state index is -4.43. The lowest BCUT2D eigenvalue weighted by atomic mass is 9.83. The SMILES string of the molecule is COc1ccccc1C1(OC)CCN(c2ccc(C(=O)NS(=O)(=O)c3ccc(NC(CCN(C)C)CSc4ccccc4)c([N+](=O)[O-])c3)cc2)CC1. The molecule has 2 N–H and O–H groups in total. The van der Waals surface area contributed by atoms with Gasteiger partial charge in [-0.25, -0.2) is 13.1 Å². The van der Waals surface area contributed by atoms with Crippen LogP contribution in [0.2, 0.25) is 0 Å². The Morgan fingerprint density at radius 3 is 2.29 bits per heavy atom. The van der Waals surface area contributed by atoms with Crippen molar-refractivity contribution in [2.75, 3.05) is 63.9 Å². The summed E-state index contributed by atoms with van der Waals surface area (Å²) in [6.45, 7) is 2.13. The van der Waals surface area contributed by atoms with Gasteiger partial charge in [-0.3, -0.25) is 14.9 Å². The average Bonchev–Trinajstić information content (AvgIpc) is 3.16. The molecule has 0 saturated carbocycles. The van der Waals surface area contributed by atoms with E-state index < -0.39 is 32.1 Å². The number of nitro groups is 1. The Kier molecular flexibility index (Phi) is 12.8. The van der Waals surface area contributed by atoms with E-state index in [1.54, 1.807) is 50.2 Å². The van der Waals surface area contributed by atoms with Gasteiger partial charge in [-0.15, -0.1) is 11.8 Å². The minimum absolute atomic E-state index is 0.136. The molecule has 1 unspecified atom stereocenters. The van der Waals surface area contributed by atoms with Crippen LogP contribution in [0, 0.1) is 10.1 Å². The number of amides is 1. The van der Waals surface area contributed by atoms with Crippen LogP contribution in [0.25, 0.3) is 0 Å². The highest BCUT2D eigenvalue weighted by molar-refractivity contribution is 7.99. The number of nitrogens with zero attached hydrogens (tertiary/aromatic N) is 3. The number of thioether (sulfide) groups is 1. The molecule has 0 radical (unpaired) electrons. The smallest absolute Gasteiger partial charge is 0.293 e. The van der Waals surface area contributed by atoms with Crippen LogP contribution in [0.3, 0.4) is 0 Å². The quantitative estimate of drug-likeness (QED) is 0.0748. The maximum absolute atomic E-state index is 13.3. The van der Waals surface area contributed by atoms with Gasteiger partial charge >= 0.3 is 0 Å². The van der Waals surface area contributed by atoms with E-state index in [1.807, 2.05) is 73.6 Å². The molecule has 14 heteroatoms. The number of hydrogen-bond acceptors (Lipinski definition) is 11. The van der Waals surface area contributed by atoms with Crippen LogP contribution in [0.4, 0.5) is 17.1 Å². The number of para-hydroxylation sites is 1. The number of benzene rings is 4. The monoisotopic (exact) mass is 747 g/mol. The second kappa shape index (κ2) is 17.3. The molecule has 1 aliphatic rings. The molecular formula is C38H45N5O7S2. The Bertz CT molecular complexity index is 1940. The molecule has 1 amide bonds. The second-order valence-corrected chi connectivity index (χ2v) is 15.6. The summed E-state index contributed by atoms with van der Waals surface area (Å²) in [6.07, 6.45) is 2.13. The summed E-state index contributed by atoms with van der Waals surface area (Å²) in [7, 11) is 2.84. The van der Waals surface area contributed by atoms with Crippen molar-refractivity contribution in [3.05, 3.63) is 118 Å². The number of hydrogen-bond donors (Lipinski definition) is 2. The minimum Gasteiger partial charge on any atom is -0.496 e. The summed E-state index contributed by atoms with van der Waals surface area (Å²) in [6, 6.07) is 27.9. The summed E-state index contributed by atoms with van der Waals surface area (Å²) in [5.74, 6) is 0.577. The molecule has 5 rings (SSSR count). The number of nitrogens with one attached hydrogen (secondary N) is 2. The van der Waals surface area contributed by atoms with Gasteiger partial charge in [0.15, 0.2) is 0 Å². The summed E-state index contributed by atoms with van der Waals surface area (Å²) in [5, 5.41) is 15.4. The molecule has 0 aromatic heterocycles. The average molecular weight is 748 g/mol. The first-order valence-corrected chi connectivity index (χ1v) is 19.4. The number of nitro benzene ring substituents is 1. The van der Waals surface area contributed by atoms with Crippen molar-refractivity contribution in [2.45, 2.75) is 40.7 Å². The third kappa shape index (κ3) is 9.42.